The molecule has 0 unspecified atom stereocenters. The molecule has 38 heavy (non-hydrogen) atoms. The molecule has 0 saturated carbocycles. The molecule has 13 heteroatoms. The lowest BCUT2D eigenvalue weighted by atomic mass is 9.85. The molecule has 4 heterocycles. The minimum absolute atomic E-state index is 0.0378. The van der Waals surface area contributed by atoms with E-state index in [1.807, 2.05) is 35.2 Å². The van der Waals surface area contributed by atoms with Gasteiger partial charge in [0, 0.05) is 49.5 Å². The lowest BCUT2D eigenvalue weighted by Crippen LogP contribution is -2.49. The van der Waals surface area contributed by atoms with Gasteiger partial charge in [-0.1, -0.05) is 40.9 Å². The van der Waals surface area contributed by atoms with Crippen molar-refractivity contribution in [3.05, 3.63) is 46.5 Å². The fourth-order valence-electron chi connectivity index (χ4n) is 5.67. The summed E-state index contributed by atoms with van der Waals surface area (Å²) in [5.74, 6) is 1.93. The SMILES string of the molecule is COc1ccc2c(c1N1CCN(OC(F)(F)F)CC1)[C@@H](C(Cl)(Cl)Cl)N1CCc3cc4c(cc3C1=C2)OCO4. The highest BCUT2D eigenvalue weighted by atomic mass is 35.6. The predicted molar refractivity (Wildman–Crippen MR) is 138 cm³/mol. The normalized spacial score (nSPS) is 21.0. The van der Waals surface area contributed by atoms with Crippen LogP contribution < -0.4 is 19.1 Å². The molecular weight excluding hydrogens is 570 g/mol. The Balaban J connectivity index is 1.45. The second-order valence-corrected chi connectivity index (χ2v) is 11.7. The molecule has 204 valence electrons. The smallest absolute Gasteiger partial charge is 0.495 e. The summed E-state index contributed by atoms with van der Waals surface area (Å²) >= 11 is 20.1. The van der Waals surface area contributed by atoms with E-state index in [2.05, 4.69) is 9.74 Å². The van der Waals surface area contributed by atoms with Crippen molar-refractivity contribution >= 4 is 52.3 Å². The van der Waals surface area contributed by atoms with Crippen LogP contribution in [0.5, 0.6) is 17.2 Å². The van der Waals surface area contributed by atoms with E-state index in [9.17, 15) is 13.2 Å². The number of alkyl halides is 6. The summed E-state index contributed by atoms with van der Waals surface area (Å²) < 4.78 is 53.4. The van der Waals surface area contributed by atoms with Gasteiger partial charge in [-0.15, -0.1) is 13.2 Å². The van der Waals surface area contributed by atoms with E-state index in [1.165, 1.54) is 0 Å². The number of anilines is 1. The largest absolute Gasteiger partial charge is 0.539 e. The maximum atomic E-state index is 12.8. The first-order valence-corrected chi connectivity index (χ1v) is 13.1. The van der Waals surface area contributed by atoms with Crippen LogP contribution in [-0.4, -0.2) is 66.7 Å². The Kier molecular flexibility index (Phi) is 6.47. The highest BCUT2D eigenvalue weighted by Crippen LogP contribution is 2.56. The van der Waals surface area contributed by atoms with E-state index in [1.54, 1.807) is 7.11 Å². The maximum Gasteiger partial charge on any atom is 0.539 e. The van der Waals surface area contributed by atoms with Gasteiger partial charge in [0.05, 0.1) is 12.8 Å². The van der Waals surface area contributed by atoms with Crippen LogP contribution in [0.15, 0.2) is 24.3 Å². The van der Waals surface area contributed by atoms with Gasteiger partial charge in [-0.2, -0.15) is 5.06 Å². The number of halogens is 6. The van der Waals surface area contributed by atoms with Gasteiger partial charge in [-0.05, 0) is 41.8 Å². The van der Waals surface area contributed by atoms with Crippen LogP contribution in [0.25, 0.3) is 11.8 Å². The summed E-state index contributed by atoms with van der Waals surface area (Å²) in [6.45, 7) is 1.36. The quantitative estimate of drug-likeness (QED) is 0.419. The summed E-state index contributed by atoms with van der Waals surface area (Å²) in [5.41, 5.74) is 5.26. The van der Waals surface area contributed by atoms with Gasteiger partial charge < -0.3 is 24.0 Å². The number of benzene rings is 2. The Labute approximate surface area is 232 Å². The van der Waals surface area contributed by atoms with Gasteiger partial charge >= 0.3 is 6.36 Å². The van der Waals surface area contributed by atoms with Gasteiger partial charge in [-0.25, -0.2) is 4.84 Å². The van der Waals surface area contributed by atoms with E-state index in [0.717, 1.165) is 33.0 Å². The molecule has 1 saturated heterocycles. The molecule has 1 fully saturated rings. The molecule has 0 radical (unpaired) electrons. The molecule has 0 spiro atoms. The Morgan fingerprint density at radius 2 is 1.68 bits per heavy atom. The van der Waals surface area contributed by atoms with Crippen LogP contribution in [-0.2, 0) is 11.3 Å². The molecule has 6 rings (SSSR count). The van der Waals surface area contributed by atoms with Crippen LogP contribution in [0.2, 0.25) is 0 Å². The topological polar surface area (TPSA) is 46.6 Å². The van der Waals surface area contributed by atoms with Gasteiger partial charge in [0.2, 0.25) is 10.6 Å². The lowest BCUT2D eigenvalue weighted by Gasteiger charge is -2.47. The number of ether oxygens (including phenoxy) is 3. The number of rotatable bonds is 3. The average molecular weight is 593 g/mol. The van der Waals surface area contributed by atoms with E-state index in [4.69, 9.17) is 49.0 Å². The summed E-state index contributed by atoms with van der Waals surface area (Å²) in [6.07, 6.45) is -1.99. The van der Waals surface area contributed by atoms with E-state index in [0.29, 0.717) is 35.9 Å². The molecule has 1 atom stereocenters. The predicted octanol–water partition coefficient (Wildman–Crippen LogP) is 5.78. The summed E-state index contributed by atoms with van der Waals surface area (Å²) in [4.78, 5) is 8.16. The van der Waals surface area contributed by atoms with Crippen molar-refractivity contribution in [1.82, 2.24) is 9.96 Å². The van der Waals surface area contributed by atoms with Crippen LogP contribution in [0, 0.1) is 0 Å². The van der Waals surface area contributed by atoms with Crippen molar-refractivity contribution in [3.8, 4) is 17.2 Å². The number of hydrogen-bond donors (Lipinski definition) is 0. The van der Waals surface area contributed by atoms with Crippen LogP contribution >= 0.6 is 34.8 Å². The highest BCUT2D eigenvalue weighted by Gasteiger charge is 2.47. The molecular formula is C25H23Cl3F3N3O4. The molecule has 0 aliphatic carbocycles. The Morgan fingerprint density at radius 1 is 0.974 bits per heavy atom. The zero-order valence-corrected chi connectivity index (χ0v) is 22.4. The molecule has 2 aromatic carbocycles. The van der Waals surface area contributed by atoms with Gasteiger partial charge in [0.15, 0.2) is 11.5 Å². The number of hydroxylamine groups is 2. The van der Waals surface area contributed by atoms with Crippen molar-refractivity contribution in [2.75, 3.05) is 51.5 Å². The second kappa shape index (κ2) is 9.45. The monoisotopic (exact) mass is 591 g/mol. The Bertz CT molecular complexity index is 1290. The molecule has 4 aliphatic heterocycles. The first-order valence-electron chi connectivity index (χ1n) is 12.0. The van der Waals surface area contributed by atoms with Crippen molar-refractivity contribution in [2.45, 2.75) is 22.6 Å². The first-order chi connectivity index (χ1) is 18.0. The van der Waals surface area contributed by atoms with E-state index in [-0.39, 0.29) is 33.0 Å². The number of nitrogens with zero attached hydrogens (tertiary/aromatic N) is 3. The van der Waals surface area contributed by atoms with E-state index >= 15 is 0 Å². The number of methoxy groups -OCH3 is 1. The summed E-state index contributed by atoms with van der Waals surface area (Å²) in [5, 5.41) is 0.911. The number of piperazine rings is 1. The third-order valence-corrected chi connectivity index (χ3v) is 7.83. The third-order valence-electron chi connectivity index (χ3n) is 7.21. The standard InChI is InChI=1S/C25H23Cl3F3N3O4/c1-35-18-3-2-15-10-17-16-12-20-19(36-13-37-20)11-14(16)4-5-34(17)23(24(26,27)28)21(15)22(18)32-6-8-33(9-7-32)38-25(29,30)31/h2-3,10-12,23H,4-9,13H2,1H3/t23-/m0/s1. The van der Waals surface area contributed by atoms with Crippen molar-refractivity contribution in [1.29, 1.82) is 0 Å². The third kappa shape index (κ3) is 4.60. The molecule has 2 aromatic rings. The lowest BCUT2D eigenvalue weighted by molar-refractivity contribution is -0.414. The van der Waals surface area contributed by atoms with Crippen LogP contribution in [0.4, 0.5) is 18.9 Å². The Hall–Kier alpha value is -2.24. The molecule has 0 N–H and O–H groups in total. The van der Waals surface area contributed by atoms with Crippen LogP contribution in [0.3, 0.4) is 0 Å². The zero-order valence-electron chi connectivity index (χ0n) is 20.2. The average Bonchev–Trinajstić information content (AvgIpc) is 3.32. The molecule has 0 bridgehead atoms. The Morgan fingerprint density at radius 3 is 2.34 bits per heavy atom. The van der Waals surface area contributed by atoms with Gasteiger partial charge in [0.1, 0.15) is 11.8 Å². The molecule has 0 amide bonds. The first kappa shape index (κ1) is 26.0. The van der Waals surface area contributed by atoms with Crippen LogP contribution in [0.1, 0.15) is 28.3 Å². The van der Waals surface area contributed by atoms with Crippen molar-refractivity contribution in [2.24, 2.45) is 0 Å². The number of hydrogen-bond acceptors (Lipinski definition) is 7. The van der Waals surface area contributed by atoms with Gasteiger partial charge in [0.25, 0.3) is 0 Å². The summed E-state index contributed by atoms with van der Waals surface area (Å²) in [6, 6.07) is 7.02. The minimum Gasteiger partial charge on any atom is -0.495 e. The van der Waals surface area contributed by atoms with E-state index < -0.39 is 16.2 Å². The second-order valence-electron chi connectivity index (χ2n) is 9.35. The van der Waals surface area contributed by atoms with Crippen molar-refractivity contribution in [3.63, 3.8) is 0 Å². The maximum absolute atomic E-state index is 12.8. The molecule has 0 aromatic heterocycles. The number of fused-ring (bicyclic) bond motifs is 5. The molecule has 4 aliphatic rings. The molecule has 7 nitrogen and oxygen atoms in total. The fourth-order valence-corrected chi connectivity index (χ4v) is 6.36. The minimum atomic E-state index is -4.74. The van der Waals surface area contributed by atoms with Gasteiger partial charge in [-0.3, -0.25) is 0 Å². The summed E-state index contributed by atoms with van der Waals surface area (Å²) in [7, 11) is 1.54. The highest BCUT2D eigenvalue weighted by molar-refractivity contribution is 6.68. The fraction of sp³-hybridized carbons (Fsp3) is 0.440. The van der Waals surface area contributed by atoms with Crippen molar-refractivity contribution < 1.29 is 32.2 Å². The zero-order chi connectivity index (χ0) is 26.8.